The van der Waals surface area contributed by atoms with Crippen LogP contribution in [-0.4, -0.2) is 28.6 Å². The highest BCUT2D eigenvalue weighted by Crippen LogP contribution is 2.21. The minimum Gasteiger partial charge on any atom is -0.493 e. The Balaban J connectivity index is 1.46. The highest BCUT2D eigenvalue weighted by atomic mass is 16.5. The van der Waals surface area contributed by atoms with Gasteiger partial charge in [-0.1, -0.05) is 44.5 Å². The number of nitrogens with zero attached hydrogens (tertiary/aromatic N) is 2. The SMILES string of the molecule is CCC(CC)C(=O)NCCCCCc1nc2ccccc2n1CCCCOc1cc(C)ccc1C. The summed E-state index contributed by atoms with van der Waals surface area (Å²) in [5.74, 6) is 2.53. The van der Waals surface area contributed by atoms with Gasteiger partial charge in [-0.3, -0.25) is 4.79 Å². The van der Waals surface area contributed by atoms with Gasteiger partial charge in [0.15, 0.2) is 0 Å². The third-order valence-corrected chi connectivity index (χ3v) is 6.84. The van der Waals surface area contributed by atoms with Crippen molar-refractivity contribution in [3.63, 3.8) is 0 Å². The molecule has 35 heavy (non-hydrogen) atoms. The minimum absolute atomic E-state index is 0.154. The first-order valence-corrected chi connectivity index (χ1v) is 13.4. The summed E-state index contributed by atoms with van der Waals surface area (Å²) in [5.41, 5.74) is 4.71. The number of benzene rings is 2. The molecular weight excluding hydrogens is 434 g/mol. The summed E-state index contributed by atoms with van der Waals surface area (Å²) in [4.78, 5) is 17.1. The second-order valence-electron chi connectivity index (χ2n) is 9.61. The highest BCUT2D eigenvalue weighted by Gasteiger charge is 2.13. The minimum atomic E-state index is 0.154. The molecule has 1 N–H and O–H groups in total. The molecule has 190 valence electrons. The summed E-state index contributed by atoms with van der Waals surface area (Å²) in [6.45, 7) is 10.8. The van der Waals surface area contributed by atoms with Crippen molar-refractivity contribution in [3.05, 3.63) is 59.4 Å². The molecule has 0 spiro atoms. The Bertz CT molecular complexity index is 1070. The van der Waals surface area contributed by atoms with Crippen molar-refractivity contribution in [1.82, 2.24) is 14.9 Å². The Hall–Kier alpha value is -2.82. The van der Waals surface area contributed by atoms with E-state index in [1.807, 2.05) is 0 Å². The summed E-state index contributed by atoms with van der Waals surface area (Å²) < 4.78 is 8.44. The fourth-order valence-electron chi connectivity index (χ4n) is 4.58. The number of unbranched alkanes of at least 4 members (excludes halogenated alkanes) is 3. The van der Waals surface area contributed by atoms with Crippen LogP contribution in [0.25, 0.3) is 11.0 Å². The predicted molar refractivity (Wildman–Crippen MR) is 145 cm³/mol. The number of nitrogens with one attached hydrogen (secondary N) is 1. The zero-order valence-corrected chi connectivity index (χ0v) is 22.1. The average molecular weight is 478 g/mol. The number of hydrogen-bond donors (Lipinski definition) is 1. The molecule has 3 aromatic rings. The Morgan fingerprint density at radius 1 is 1.00 bits per heavy atom. The maximum absolute atomic E-state index is 12.1. The van der Waals surface area contributed by atoms with Gasteiger partial charge in [0, 0.05) is 25.4 Å². The van der Waals surface area contributed by atoms with Crippen LogP contribution in [0.2, 0.25) is 0 Å². The zero-order chi connectivity index (χ0) is 25.0. The number of ether oxygens (including phenoxy) is 1. The summed E-state index contributed by atoms with van der Waals surface area (Å²) >= 11 is 0. The largest absolute Gasteiger partial charge is 0.493 e. The van der Waals surface area contributed by atoms with Gasteiger partial charge in [-0.15, -0.1) is 0 Å². The molecule has 2 aromatic carbocycles. The van der Waals surface area contributed by atoms with Gasteiger partial charge in [0.2, 0.25) is 5.91 Å². The standard InChI is InChI=1S/C30H43N3O2/c1-5-25(6-2)30(34)31-19-11-7-8-16-29-32-26-14-9-10-15-27(26)33(29)20-12-13-21-35-28-22-23(3)17-18-24(28)4/h9-10,14-15,17-18,22,25H,5-8,11-13,16,19-21H2,1-4H3,(H,31,34). The fourth-order valence-corrected chi connectivity index (χ4v) is 4.58. The third-order valence-electron chi connectivity index (χ3n) is 6.84. The number of aryl methyl sites for hydroxylation is 4. The lowest BCUT2D eigenvalue weighted by Gasteiger charge is -2.13. The van der Waals surface area contributed by atoms with Crippen molar-refractivity contribution in [3.8, 4) is 5.75 Å². The van der Waals surface area contributed by atoms with Crippen LogP contribution in [0.15, 0.2) is 42.5 Å². The summed E-state index contributed by atoms with van der Waals surface area (Å²) in [6.07, 6.45) is 8.05. The van der Waals surface area contributed by atoms with Gasteiger partial charge in [-0.2, -0.15) is 0 Å². The highest BCUT2D eigenvalue weighted by molar-refractivity contribution is 5.78. The molecule has 1 amide bonds. The molecule has 1 heterocycles. The van der Waals surface area contributed by atoms with Crippen LogP contribution < -0.4 is 10.1 Å². The van der Waals surface area contributed by atoms with Crippen LogP contribution in [-0.2, 0) is 17.8 Å². The van der Waals surface area contributed by atoms with Gasteiger partial charge >= 0.3 is 0 Å². The predicted octanol–water partition coefficient (Wildman–Crippen LogP) is 6.78. The van der Waals surface area contributed by atoms with Gasteiger partial charge in [0.25, 0.3) is 0 Å². The first-order valence-electron chi connectivity index (χ1n) is 13.4. The van der Waals surface area contributed by atoms with Gasteiger partial charge in [-0.25, -0.2) is 4.98 Å². The van der Waals surface area contributed by atoms with Crippen molar-refractivity contribution < 1.29 is 9.53 Å². The van der Waals surface area contributed by atoms with E-state index in [-0.39, 0.29) is 11.8 Å². The Morgan fingerprint density at radius 3 is 2.60 bits per heavy atom. The molecule has 0 unspecified atom stereocenters. The lowest BCUT2D eigenvalue weighted by Crippen LogP contribution is -2.30. The molecule has 0 saturated heterocycles. The number of aromatic nitrogens is 2. The van der Waals surface area contributed by atoms with E-state index in [2.05, 4.69) is 80.0 Å². The van der Waals surface area contributed by atoms with Gasteiger partial charge < -0.3 is 14.6 Å². The van der Waals surface area contributed by atoms with Crippen LogP contribution in [0.3, 0.4) is 0 Å². The Morgan fingerprint density at radius 2 is 1.80 bits per heavy atom. The quantitative estimate of drug-likeness (QED) is 0.246. The summed E-state index contributed by atoms with van der Waals surface area (Å²) in [6, 6.07) is 14.8. The van der Waals surface area contributed by atoms with Gasteiger partial charge in [0.1, 0.15) is 11.6 Å². The van der Waals surface area contributed by atoms with E-state index >= 15 is 0 Å². The topological polar surface area (TPSA) is 56.2 Å². The number of rotatable bonds is 15. The number of carbonyl (C=O) groups is 1. The van der Waals surface area contributed by atoms with Crippen LogP contribution >= 0.6 is 0 Å². The molecule has 1 aromatic heterocycles. The van der Waals surface area contributed by atoms with Crippen molar-refractivity contribution in [2.24, 2.45) is 5.92 Å². The maximum atomic E-state index is 12.1. The molecule has 0 bridgehead atoms. The molecule has 0 saturated carbocycles. The van der Waals surface area contributed by atoms with Crippen molar-refractivity contribution in [1.29, 1.82) is 0 Å². The monoisotopic (exact) mass is 477 g/mol. The third kappa shape index (κ3) is 7.84. The molecular formula is C30H43N3O2. The fraction of sp³-hybridized carbons (Fsp3) is 0.533. The first-order chi connectivity index (χ1) is 17.0. The van der Waals surface area contributed by atoms with Crippen molar-refractivity contribution >= 4 is 16.9 Å². The molecule has 0 radical (unpaired) electrons. The lowest BCUT2D eigenvalue weighted by molar-refractivity contribution is -0.125. The van der Waals surface area contributed by atoms with E-state index in [9.17, 15) is 4.79 Å². The number of fused-ring (bicyclic) bond motifs is 1. The van der Waals surface area contributed by atoms with E-state index in [0.717, 1.165) is 82.3 Å². The molecule has 0 atom stereocenters. The molecule has 0 aliphatic heterocycles. The summed E-state index contributed by atoms with van der Waals surface area (Å²) in [5, 5.41) is 3.10. The average Bonchev–Trinajstić information content (AvgIpc) is 3.21. The second-order valence-corrected chi connectivity index (χ2v) is 9.61. The Labute approximate surface area is 211 Å². The van der Waals surface area contributed by atoms with E-state index in [1.165, 1.54) is 22.5 Å². The number of imidazole rings is 1. The maximum Gasteiger partial charge on any atom is 0.223 e. The summed E-state index contributed by atoms with van der Waals surface area (Å²) in [7, 11) is 0. The van der Waals surface area contributed by atoms with Crippen molar-refractivity contribution in [2.45, 2.75) is 85.6 Å². The molecule has 5 heteroatoms. The number of amides is 1. The molecule has 5 nitrogen and oxygen atoms in total. The van der Waals surface area contributed by atoms with Crippen LogP contribution in [0, 0.1) is 19.8 Å². The molecule has 0 aliphatic rings. The first kappa shape index (κ1) is 26.8. The zero-order valence-electron chi connectivity index (χ0n) is 22.1. The van der Waals surface area contributed by atoms with Gasteiger partial charge in [-0.05, 0) is 81.7 Å². The van der Waals surface area contributed by atoms with Gasteiger partial charge in [0.05, 0.1) is 17.6 Å². The van der Waals surface area contributed by atoms with Crippen LogP contribution in [0.4, 0.5) is 0 Å². The second kappa shape index (κ2) is 13.9. The number of para-hydroxylation sites is 2. The smallest absolute Gasteiger partial charge is 0.223 e. The van der Waals surface area contributed by atoms with E-state index < -0.39 is 0 Å². The van der Waals surface area contributed by atoms with E-state index in [1.54, 1.807) is 0 Å². The van der Waals surface area contributed by atoms with Crippen molar-refractivity contribution in [2.75, 3.05) is 13.2 Å². The van der Waals surface area contributed by atoms with E-state index in [0.29, 0.717) is 0 Å². The van der Waals surface area contributed by atoms with Crippen LogP contribution in [0.1, 0.15) is 75.7 Å². The van der Waals surface area contributed by atoms with E-state index in [4.69, 9.17) is 9.72 Å². The lowest BCUT2D eigenvalue weighted by atomic mass is 10.0. The van der Waals surface area contributed by atoms with Crippen LogP contribution in [0.5, 0.6) is 5.75 Å². The number of hydrogen-bond acceptors (Lipinski definition) is 3. The molecule has 0 fully saturated rings. The molecule has 3 rings (SSSR count). The Kier molecular flexibility index (Phi) is 10.6. The molecule has 0 aliphatic carbocycles. The number of carbonyl (C=O) groups excluding carboxylic acids is 1. The normalized spacial score (nSPS) is 11.3.